The van der Waals surface area contributed by atoms with Crippen molar-refractivity contribution in [3.63, 3.8) is 0 Å². The zero-order valence-corrected chi connectivity index (χ0v) is 33.6. The molecule has 0 N–H and O–H groups in total. The molecule has 0 atom stereocenters. The second kappa shape index (κ2) is 13.7. The highest BCUT2D eigenvalue weighted by molar-refractivity contribution is 6.12. The van der Waals surface area contributed by atoms with Gasteiger partial charge in [-0.15, -0.1) is 0 Å². The van der Waals surface area contributed by atoms with Crippen molar-refractivity contribution in [2.45, 2.75) is 5.41 Å². The highest BCUT2D eigenvalue weighted by Gasteiger charge is 2.54. The molecule has 0 unspecified atom stereocenters. The van der Waals surface area contributed by atoms with E-state index in [0.717, 1.165) is 94.7 Å². The number of benzene rings is 8. The summed E-state index contributed by atoms with van der Waals surface area (Å²) in [4.78, 5) is 26.4. The molecule has 8 aromatic carbocycles. The van der Waals surface area contributed by atoms with E-state index in [2.05, 4.69) is 78.9 Å². The molecule has 0 amide bonds. The van der Waals surface area contributed by atoms with Gasteiger partial charge in [0.1, 0.15) is 17.1 Å². The minimum Gasteiger partial charge on any atom is -0.457 e. The fourth-order valence-electron chi connectivity index (χ4n) is 9.87. The molecule has 13 rings (SSSR count). The van der Waals surface area contributed by atoms with Crippen molar-refractivity contribution in [1.29, 1.82) is 0 Å². The normalized spacial score (nSPS) is 13.0. The van der Waals surface area contributed by atoms with Crippen molar-refractivity contribution in [3.05, 3.63) is 222 Å². The third kappa shape index (κ3) is 5.23. The van der Waals surface area contributed by atoms with Gasteiger partial charge in [0.15, 0.2) is 23.3 Å². The number of aromatic nitrogens is 5. The molecule has 7 nitrogen and oxygen atoms in total. The maximum atomic E-state index is 6.85. The van der Waals surface area contributed by atoms with Gasteiger partial charge in [0.05, 0.1) is 16.5 Å². The lowest BCUT2D eigenvalue weighted by atomic mass is 9.63. The fourth-order valence-corrected chi connectivity index (χ4v) is 9.87. The first-order valence-corrected chi connectivity index (χ1v) is 21.0. The standard InChI is InChI=1S/C56H33N5O2/c1-4-18-34(19-5-1)51-57-50(47-39-24-10-13-31-44(39)63-55(47)61-51)40-27-16-25-37-38-26-17-28-41(54-59-52(35-20-6-2-7-21-35)58-53(60-54)36-22-8-3-9-23-36)49(38)56(48(37)40)42-29-11-14-32-45(42)62-46-33-15-12-30-43(46)56/h1-33H. The zero-order chi connectivity index (χ0) is 41.5. The summed E-state index contributed by atoms with van der Waals surface area (Å²) in [7, 11) is 0. The van der Waals surface area contributed by atoms with Crippen LogP contribution in [-0.4, -0.2) is 24.9 Å². The Morgan fingerprint density at radius 3 is 1.41 bits per heavy atom. The van der Waals surface area contributed by atoms with Gasteiger partial charge in [-0.25, -0.2) is 19.9 Å². The van der Waals surface area contributed by atoms with E-state index in [1.54, 1.807) is 0 Å². The predicted octanol–water partition coefficient (Wildman–Crippen LogP) is 13.4. The Labute approximate surface area is 362 Å². The van der Waals surface area contributed by atoms with Gasteiger partial charge < -0.3 is 9.15 Å². The minimum absolute atomic E-state index is 0.530. The first-order valence-electron chi connectivity index (χ1n) is 21.0. The Morgan fingerprint density at radius 2 is 0.810 bits per heavy atom. The Hall–Kier alpha value is -8.55. The number of hydrogen-bond acceptors (Lipinski definition) is 7. The molecule has 1 aliphatic carbocycles. The van der Waals surface area contributed by atoms with E-state index in [4.69, 9.17) is 34.1 Å². The average molecular weight is 808 g/mol. The largest absolute Gasteiger partial charge is 0.457 e. The van der Waals surface area contributed by atoms with Gasteiger partial charge in [-0.05, 0) is 40.5 Å². The number of nitrogens with zero attached hydrogens (tertiary/aromatic N) is 5. The summed E-state index contributed by atoms with van der Waals surface area (Å²) in [5.41, 5.74) is 12.0. The third-order valence-corrected chi connectivity index (χ3v) is 12.4. The Kier molecular flexibility index (Phi) is 7.68. The molecule has 0 saturated heterocycles. The van der Waals surface area contributed by atoms with Crippen LogP contribution in [0.15, 0.2) is 205 Å². The summed E-state index contributed by atoms with van der Waals surface area (Å²) < 4.78 is 13.4. The van der Waals surface area contributed by atoms with Crippen LogP contribution in [0, 0.1) is 0 Å². The highest BCUT2D eigenvalue weighted by Crippen LogP contribution is 2.65. The number of rotatable bonds is 5. The summed E-state index contributed by atoms with van der Waals surface area (Å²) in [6.07, 6.45) is 0. The van der Waals surface area contributed by atoms with E-state index in [9.17, 15) is 0 Å². The number of fused-ring (bicyclic) bond motifs is 12. The van der Waals surface area contributed by atoms with Crippen molar-refractivity contribution in [3.8, 4) is 79.4 Å². The molecule has 0 radical (unpaired) electrons. The molecular formula is C56H33N5O2. The second-order valence-corrected chi connectivity index (χ2v) is 15.9. The van der Waals surface area contributed by atoms with Crippen LogP contribution >= 0.6 is 0 Å². The summed E-state index contributed by atoms with van der Waals surface area (Å²) in [6.45, 7) is 0. The van der Waals surface area contributed by atoms with Crippen LogP contribution in [0.2, 0.25) is 0 Å². The summed E-state index contributed by atoms with van der Waals surface area (Å²) in [5.74, 6) is 3.90. The maximum Gasteiger partial charge on any atom is 0.231 e. The summed E-state index contributed by atoms with van der Waals surface area (Å²) >= 11 is 0. The predicted molar refractivity (Wildman–Crippen MR) is 247 cm³/mol. The lowest BCUT2D eigenvalue weighted by molar-refractivity contribution is 0.436. The number of furan rings is 1. The molecule has 1 aliphatic heterocycles. The molecule has 4 heterocycles. The number of hydrogen-bond donors (Lipinski definition) is 0. The van der Waals surface area contributed by atoms with Gasteiger partial charge in [-0.1, -0.05) is 182 Å². The van der Waals surface area contributed by atoms with Crippen molar-refractivity contribution in [2.75, 3.05) is 0 Å². The van der Waals surface area contributed by atoms with E-state index in [1.807, 2.05) is 121 Å². The lowest BCUT2D eigenvalue weighted by Crippen LogP contribution is -2.33. The monoisotopic (exact) mass is 807 g/mol. The topological polar surface area (TPSA) is 86.8 Å². The van der Waals surface area contributed by atoms with E-state index >= 15 is 0 Å². The highest BCUT2D eigenvalue weighted by atomic mass is 16.5. The molecule has 7 heteroatoms. The van der Waals surface area contributed by atoms with Crippen molar-refractivity contribution in [1.82, 2.24) is 24.9 Å². The zero-order valence-electron chi connectivity index (χ0n) is 33.6. The SMILES string of the molecule is c1ccc(-c2nc(-c3ccccc3)nc(-c3cccc4c3C3(c5ccccc5Oc5ccccc53)c3c-4cccc3-c3nc(-c4ccccc4)nc4oc5ccccc5c34)n2)cc1. The van der Waals surface area contributed by atoms with Crippen LogP contribution in [0.25, 0.3) is 90.0 Å². The molecule has 0 fully saturated rings. The van der Waals surface area contributed by atoms with Crippen LogP contribution in [-0.2, 0) is 5.41 Å². The molecule has 294 valence electrons. The smallest absolute Gasteiger partial charge is 0.231 e. The van der Waals surface area contributed by atoms with E-state index < -0.39 is 5.41 Å². The van der Waals surface area contributed by atoms with Crippen LogP contribution in [0.1, 0.15) is 22.3 Å². The molecule has 1 spiro atoms. The number of ether oxygens (including phenoxy) is 1. The van der Waals surface area contributed by atoms with E-state index in [0.29, 0.717) is 29.0 Å². The molecule has 2 aliphatic rings. The van der Waals surface area contributed by atoms with Gasteiger partial charge >= 0.3 is 0 Å². The van der Waals surface area contributed by atoms with E-state index in [1.165, 1.54) is 0 Å². The van der Waals surface area contributed by atoms with Crippen LogP contribution < -0.4 is 4.74 Å². The van der Waals surface area contributed by atoms with Crippen LogP contribution in [0.3, 0.4) is 0 Å². The van der Waals surface area contributed by atoms with Gasteiger partial charge in [0, 0.05) is 44.3 Å². The van der Waals surface area contributed by atoms with Crippen LogP contribution in [0.5, 0.6) is 11.5 Å². The maximum absolute atomic E-state index is 6.85. The summed E-state index contributed by atoms with van der Waals surface area (Å²) in [6, 6.07) is 68.4. The van der Waals surface area contributed by atoms with E-state index in [-0.39, 0.29) is 0 Å². The summed E-state index contributed by atoms with van der Waals surface area (Å²) in [5, 5.41) is 1.81. The van der Waals surface area contributed by atoms with Gasteiger partial charge in [0.2, 0.25) is 5.71 Å². The molecule has 11 aromatic rings. The van der Waals surface area contributed by atoms with Crippen LogP contribution in [0.4, 0.5) is 0 Å². The third-order valence-electron chi connectivity index (χ3n) is 12.4. The average Bonchev–Trinajstić information content (AvgIpc) is 3.89. The molecule has 0 saturated carbocycles. The molecule has 63 heavy (non-hydrogen) atoms. The van der Waals surface area contributed by atoms with Gasteiger partial charge in [-0.2, -0.15) is 4.98 Å². The molecular weight excluding hydrogens is 775 g/mol. The van der Waals surface area contributed by atoms with Crippen molar-refractivity contribution >= 4 is 22.1 Å². The Morgan fingerprint density at radius 1 is 0.349 bits per heavy atom. The second-order valence-electron chi connectivity index (χ2n) is 15.9. The van der Waals surface area contributed by atoms with Gasteiger partial charge in [-0.3, -0.25) is 0 Å². The fraction of sp³-hybridized carbons (Fsp3) is 0.0179. The first kappa shape index (κ1) is 35.2. The van der Waals surface area contributed by atoms with Crippen molar-refractivity contribution < 1.29 is 9.15 Å². The Bertz CT molecular complexity index is 3500. The number of para-hydroxylation sites is 3. The molecule has 3 aromatic heterocycles. The molecule has 0 bridgehead atoms. The van der Waals surface area contributed by atoms with Gasteiger partial charge in [0.25, 0.3) is 0 Å². The quantitative estimate of drug-likeness (QED) is 0.171. The first-order chi connectivity index (χ1) is 31.2. The lowest BCUT2D eigenvalue weighted by Gasteiger charge is -2.40. The van der Waals surface area contributed by atoms with Crippen molar-refractivity contribution in [2.24, 2.45) is 0 Å². The Balaban J connectivity index is 1.18. The minimum atomic E-state index is -0.931.